The molecule has 0 unspecified atom stereocenters. The first kappa shape index (κ1) is 22.6. The second-order valence-electron chi connectivity index (χ2n) is 7.03. The molecule has 1 aliphatic rings. The average molecular weight is 471 g/mol. The van der Waals surface area contributed by atoms with E-state index in [9.17, 15) is 18.0 Å². The van der Waals surface area contributed by atoms with Crippen molar-refractivity contribution in [1.29, 1.82) is 0 Å². The minimum absolute atomic E-state index is 0.229. The van der Waals surface area contributed by atoms with Crippen LogP contribution in [0.1, 0.15) is 39.7 Å². The Bertz CT molecular complexity index is 1090. The van der Waals surface area contributed by atoms with Crippen LogP contribution in [0.2, 0.25) is 5.02 Å². The van der Waals surface area contributed by atoms with Gasteiger partial charge in [0.1, 0.15) is 11.5 Å². The number of fused-ring (bicyclic) bond motifs is 1. The Hall–Kier alpha value is -2.10. The normalized spacial score (nSPS) is 13.1. The van der Waals surface area contributed by atoms with Crippen LogP contribution in [-0.4, -0.2) is 39.7 Å². The fourth-order valence-corrected chi connectivity index (χ4v) is 5.66. The SMILES string of the molecule is CCOC(=O)c1c(NC(=O)CN(c2ccc(C)c(Cl)c2)S(C)(=O)=O)sc2c1CCC2. The van der Waals surface area contributed by atoms with Gasteiger partial charge in [-0.1, -0.05) is 17.7 Å². The van der Waals surface area contributed by atoms with Gasteiger partial charge >= 0.3 is 5.97 Å². The Balaban J connectivity index is 1.86. The molecule has 0 aliphatic heterocycles. The molecule has 0 radical (unpaired) electrons. The van der Waals surface area contributed by atoms with Gasteiger partial charge < -0.3 is 10.1 Å². The molecule has 0 saturated heterocycles. The molecule has 1 N–H and O–H groups in total. The largest absolute Gasteiger partial charge is 0.462 e. The molecule has 0 spiro atoms. The van der Waals surface area contributed by atoms with E-state index >= 15 is 0 Å². The number of nitrogens with zero attached hydrogens (tertiary/aromatic N) is 1. The van der Waals surface area contributed by atoms with Crippen LogP contribution >= 0.6 is 22.9 Å². The number of carbonyl (C=O) groups is 2. The highest BCUT2D eigenvalue weighted by Crippen LogP contribution is 2.39. The molecule has 1 heterocycles. The van der Waals surface area contributed by atoms with E-state index in [1.54, 1.807) is 26.0 Å². The fourth-order valence-electron chi connectivity index (χ4n) is 3.35. The molecule has 0 atom stereocenters. The van der Waals surface area contributed by atoms with Crippen molar-refractivity contribution in [3.63, 3.8) is 0 Å². The van der Waals surface area contributed by atoms with E-state index in [1.165, 1.54) is 17.4 Å². The molecule has 1 aliphatic carbocycles. The Morgan fingerprint density at radius 3 is 2.67 bits per heavy atom. The van der Waals surface area contributed by atoms with E-state index in [2.05, 4.69) is 5.32 Å². The van der Waals surface area contributed by atoms with Crippen LogP contribution in [0.15, 0.2) is 18.2 Å². The maximum atomic E-state index is 12.8. The Kier molecular flexibility index (Phi) is 6.74. The van der Waals surface area contributed by atoms with Crippen molar-refractivity contribution < 1.29 is 22.7 Å². The molecule has 30 heavy (non-hydrogen) atoms. The van der Waals surface area contributed by atoms with Crippen LogP contribution in [0.25, 0.3) is 0 Å². The predicted molar refractivity (Wildman–Crippen MR) is 119 cm³/mol. The summed E-state index contributed by atoms with van der Waals surface area (Å²) in [5.41, 5.74) is 2.39. The van der Waals surface area contributed by atoms with Gasteiger partial charge in [0.15, 0.2) is 0 Å². The Labute approximate surface area is 185 Å². The van der Waals surface area contributed by atoms with E-state index in [0.29, 0.717) is 21.3 Å². The third kappa shape index (κ3) is 4.79. The number of carbonyl (C=O) groups excluding carboxylic acids is 2. The molecule has 1 amide bonds. The van der Waals surface area contributed by atoms with E-state index in [4.69, 9.17) is 16.3 Å². The lowest BCUT2D eigenvalue weighted by Gasteiger charge is -2.22. The summed E-state index contributed by atoms with van der Waals surface area (Å²) in [6, 6.07) is 4.80. The summed E-state index contributed by atoms with van der Waals surface area (Å²) in [4.78, 5) is 26.3. The zero-order valence-corrected chi connectivity index (χ0v) is 19.3. The quantitative estimate of drug-likeness (QED) is 0.621. The van der Waals surface area contributed by atoms with Gasteiger partial charge in [-0.2, -0.15) is 0 Å². The summed E-state index contributed by atoms with van der Waals surface area (Å²) in [5, 5.41) is 3.52. The number of anilines is 2. The number of hydrogen-bond donors (Lipinski definition) is 1. The van der Waals surface area contributed by atoms with Gasteiger partial charge in [0.05, 0.1) is 24.1 Å². The number of sulfonamides is 1. The van der Waals surface area contributed by atoms with E-state index in [0.717, 1.165) is 45.8 Å². The number of hydrogen-bond acceptors (Lipinski definition) is 6. The first-order valence-electron chi connectivity index (χ1n) is 9.47. The summed E-state index contributed by atoms with van der Waals surface area (Å²) < 4.78 is 30.8. The summed E-state index contributed by atoms with van der Waals surface area (Å²) in [6.07, 6.45) is 3.59. The van der Waals surface area contributed by atoms with Gasteiger partial charge in [-0.05, 0) is 56.4 Å². The molecule has 0 fully saturated rings. The lowest BCUT2D eigenvalue weighted by Crippen LogP contribution is -2.37. The smallest absolute Gasteiger partial charge is 0.341 e. The van der Waals surface area contributed by atoms with E-state index in [1.807, 2.05) is 0 Å². The highest BCUT2D eigenvalue weighted by Gasteiger charge is 2.29. The third-order valence-corrected chi connectivity index (χ3v) is 7.54. The third-order valence-electron chi connectivity index (χ3n) is 4.78. The van der Waals surface area contributed by atoms with Gasteiger partial charge in [-0.15, -0.1) is 11.3 Å². The molecule has 162 valence electrons. The van der Waals surface area contributed by atoms with E-state index in [-0.39, 0.29) is 6.61 Å². The molecule has 7 nitrogen and oxygen atoms in total. The molecular weight excluding hydrogens is 448 g/mol. The summed E-state index contributed by atoms with van der Waals surface area (Å²) in [7, 11) is -3.74. The van der Waals surface area contributed by atoms with Crippen molar-refractivity contribution in [2.75, 3.05) is 29.0 Å². The van der Waals surface area contributed by atoms with Crippen LogP contribution in [-0.2, 0) is 32.4 Å². The fraction of sp³-hybridized carbons (Fsp3) is 0.400. The van der Waals surface area contributed by atoms with Crippen LogP contribution in [0.4, 0.5) is 10.7 Å². The van der Waals surface area contributed by atoms with Gasteiger partial charge in [-0.3, -0.25) is 9.10 Å². The summed E-state index contributed by atoms with van der Waals surface area (Å²) in [6.45, 7) is 3.31. The number of benzene rings is 1. The molecule has 1 aromatic heterocycles. The summed E-state index contributed by atoms with van der Waals surface area (Å²) >= 11 is 7.47. The predicted octanol–water partition coefficient (Wildman–Crippen LogP) is 3.78. The molecule has 3 rings (SSSR count). The number of thiophene rings is 1. The van der Waals surface area contributed by atoms with Crippen molar-refractivity contribution in [3.05, 3.63) is 44.8 Å². The van der Waals surface area contributed by atoms with Gasteiger partial charge in [0, 0.05) is 9.90 Å². The first-order valence-corrected chi connectivity index (χ1v) is 12.5. The Morgan fingerprint density at radius 1 is 1.30 bits per heavy atom. The van der Waals surface area contributed by atoms with Crippen molar-refractivity contribution in [2.45, 2.75) is 33.1 Å². The lowest BCUT2D eigenvalue weighted by molar-refractivity contribution is -0.114. The summed E-state index contributed by atoms with van der Waals surface area (Å²) in [5.74, 6) is -1.03. The molecule has 0 bridgehead atoms. The molecule has 2 aromatic rings. The maximum absolute atomic E-state index is 12.8. The average Bonchev–Trinajstić information content (AvgIpc) is 3.22. The zero-order chi connectivity index (χ0) is 22.1. The zero-order valence-electron chi connectivity index (χ0n) is 17.0. The standard InChI is InChI=1S/C20H23ClN2O5S2/c1-4-28-20(25)18-14-6-5-7-16(14)29-19(18)22-17(24)11-23(30(3,26)27)13-9-8-12(2)15(21)10-13/h8-10H,4-7,11H2,1-3H3,(H,22,24). The Morgan fingerprint density at radius 2 is 2.03 bits per heavy atom. The number of rotatable bonds is 7. The van der Waals surface area contributed by atoms with Crippen LogP contribution in [0, 0.1) is 6.92 Å². The number of halogens is 1. The highest BCUT2D eigenvalue weighted by atomic mass is 35.5. The van der Waals surface area contributed by atoms with Crippen LogP contribution in [0.5, 0.6) is 0 Å². The van der Waals surface area contributed by atoms with Crippen molar-refractivity contribution in [3.8, 4) is 0 Å². The number of aryl methyl sites for hydroxylation is 2. The van der Waals surface area contributed by atoms with Crippen molar-refractivity contribution >= 4 is 55.5 Å². The number of amides is 1. The minimum atomic E-state index is -3.74. The molecule has 0 saturated carbocycles. The van der Waals surface area contributed by atoms with Crippen LogP contribution < -0.4 is 9.62 Å². The number of ether oxygens (including phenoxy) is 1. The number of esters is 1. The monoisotopic (exact) mass is 470 g/mol. The lowest BCUT2D eigenvalue weighted by atomic mass is 10.1. The highest BCUT2D eigenvalue weighted by molar-refractivity contribution is 7.92. The van der Waals surface area contributed by atoms with Crippen molar-refractivity contribution in [1.82, 2.24) is 0 Å². The second-order valence-corrected chi connectivity index (χ2v) is 10.5. The first-order chi connectivity index (χ1) is 14.1. The van der Waals surface area contributed by atoms with Crippen LogP contribution in [0.3, 0.4) is 0 Å². The second kappa shape index (κ2) is 8.95. The maximum Gasteiger partial charge on any atom is 0.341 e. The van der Waals surface area contributed by atoms with Crippen molar-refractivity contribution in [2.24, 2.45) is 0 Å². The molecular formula is C20H23ClN2O5S2. The van der Waals surface area contributed by atoms with Gasteiger partial charge in [0.2, 0.25) is 15.9 Å². The minimum Gasteiger partial charge on any atom is -0.462 e. The van der Waals surface area contributed by atoms with Gasteiger partial charge in [0.25, 0.3) is 0 Å². The topological polar surface area (TPSA) is 92.8 Å². The molecule has 1 aromatic carbocycles. The van der Waals surface area contributed by atoms with Gasteiger partial charge in [-0.25, -0.2) is 13.2 Å². The van der Waals surface area contributed by atoms with E-state index < -0.39 is 28.4 Å². The molecule has 10 heteroatoms. The number of nitrogens with one attached hydrogen (secondary N) is 1.